The van der Waals surface area contributed by atoms with Crippen molar-refractivity contribution >= 4 is 10.9 Å². The van der Waals surface area contributed by atoms with E-state index < -0.39 is 0 Å². The van der Waals surface area contributed by atoms with Gasteiger partial charge in [0, 0.05) is 23.8 Å². The number of nitrogens with zero attached hydrogens (tertiary/aromatic N) is 1. The fraction of sp³-hybridized carbons (Fsp3) is 0.571. The summed E-state index contributed by atoms with van der Waals surface area (Å²) in [7, 11) is 1.72. The van der Waals surface area contributed by atoms with Gasteiger partial charge in [0.25, 0.3) is 0 Å². The lowest BCUT2D eigenvalue weighted by molar-refractivity contribution is -0.0489. The molecule has 3 nitrogen and oxygen atoms in total. The molecule has 0 aliphatic carbocycles. The average molecular weight is 329 g/mol. The highest BCUT2D eigenvalue weighted by molar-refractivity contribution is 5.86. The summed E-state index contributed by atoms with van der Waals surface area (Å²) in [6, 6.07) is 8.61. The molecular formula is C21H31NO2. The maximum Gasteiger partial charge on any atom is 0.130 e. The van der Waals surface area contributed by atoms with Crippen molar-refractivity contribution in [3.63, 3.8) is 0 Å². The summed E-state index contributed by atoms with van der Waals surface area (Å²) in [6.07, 6.45) is 1.33. The fourth-order valence-electron chi connectivity index (χ4n) is 3.60. The third-order valence-electron chi connectivity index (χ3n) is 5.49. The Kier molecular flexibility index (Phi) is 5.87. The van der Waals surface area contributed by atoms with E-state index in [0.717, 1.165) is 35.4 Å². The second kappa shape index (κ2) is 7.52. The Morgan fingerprint density at radius 2 is 1.92 bits per heavy atom. The van der Waals surface area contributed by atoms with E-state index in [-0.39, 0.29) is 11.5 Å². The van der Waals surface area contributed by atoms with E-state index in [4.69, 9.17) is 9.47 Å². The van der Waals surface area contributed by atoms with Gasteiger partial charge in [0.2, 0.25) is 0 Å². The molecular weight excluding hydrogens is 298 g/mol. The summed E-state index contributed by atoms with van der Waals surface area (Å²) in [5.41, 5.74) is 3.46. The molecule has 1 aromatic heterocycles. The summed E-state index contributed by atoms with van der Waals surface area (Å²) < 4.78 is 11.4. The number of aromatic nitrogens is 1. The Balaban J connectivity index is 0.00000100. The topological polar surface area (TPSA) is 31.4 Å². The number of pyridine rings is 1. The van der Waals surface area contributed by atoms with Crippen molar-refractivity contribution in [1.82, 2.24) is 4.98 Å². The van der Waals surface area contributed by atoms with Gasteiger partial charge in [-0.1, -0.05) is 33.8 Å². The number of hydrogen-bond donors (Lipinski definition) is 0. The SMILES string of the molecule is CC.COc1cc(C)nc2ccc([C@]3(C)CCOC(C)C3C)cc12. The van der Waals surface area contributed by atoms with Crippen LogP contribution in [0.15, 0.2) is 24.3 Å². The zero-order chi connectivity index (χ0) is 17.9. The number of ether oxygens (including phenoxy) is 2. The maximum absolute atomic E-state index is 5.82. The van der Waals surface area contributed by atoms with E-state index >= 15 is 0 Å². The van der Waals surface area contributed by atoms with Crippen molar-refractivity contribution in [3.05, 3.63) is 35.5 Å². The average Bonchev–Trinajstić information content (AvgIpc) is 2.60. The molecule has 132 valence electrons. The molecule has 2 aromatic rings. The Bertz CT molecular complexity index is 698. The molecule has 1 saturated heterocycles. The Hall–Kier alpha value is -1.61. The lowest BCUT2D eigenvalue weighted by Gasteiger charge is -2.44. The third kappa shape index (κ3) is 3.27. The summed E-state index contributed by atoms with van der Waals surface area (Å²) >= 11 is 0. The molecule has 1 fully saturated rings. The first-order valence-electron chi connectivity index (χ1n) is 9.03. The van der Waals surface area contributed by atoms with E-state index in [1.165, 1.54) is 5.56 Å². The molecule has 0 radical (unpaired) electrons. The molecule has 2 heterocycles. The van der Waals surface area contributed by atoms with Crippen LogP contribution < -0.4 is 4.74 Å². The van der Waals surface area contributed by atoms with Gasteiger partial charge < -0.3 is 9.47 Å². The fourth-order valence-corrected chi connectivity index (χ4v) is 3.60. The van der Waals surface area contributed by atoms with Crippen molar-refractivity contribution in [2.24, 2.45) is 5.92 Å². The van der Waals surface area contributed by atoms with Crippen LogP contribution in [-0.2, 0) is 10.2 Å². The van der Waals surface area contributed by atoms with E-state index in [2.05, 4.69) is 44.0 Å². The quantitative estimate of drug-likeness (QED) is 0.751. The molecule has 0 bridgehead atoms. The number of aryl methyl sites for hydroxylation is 1. The van der Waals surface area contributed by atoms with Gasteiger partial charge >= 0.3 is 0 Å². The molecule has 2 unspecified atom stereocenters. The number of benzene rings is 1. The molecule has 0 spiro atoms. The van der Waals surface area contributed by atoms with E-state index in [9.17, 15) is 0 Å². The van der Waals surface area contributed by atoms with Gasteiger partial charge in [-0.2, -0.15) is 0 Å². The monoisotopic (exact) mass is 329 g/mol. The number of hydrogen-bond acceptors (Lipinski definition) is 3. The van der Waals surface area contributed by atoms with Crippen molar-refractivity contribution in [2.75, 3.05) is 13.7 Å². The first-order chi connectivity index (χ1) is 11.5. The maximum atomic E-state index is 5.82. The van der Waals surface area contributed by atoms with Crippen LogP contribution in [0.4, 0.5) is 0 Å². The van der Waals surface area contributed by atoms with Crippen LogP contribution in [0.25, 0.3) is 10.9 Å². The molecule has 0 N–H and O–H groups in total. The van der Waals surface area contributed by atoms with Gasteiger partial charge in [0.15, 0.2) is 0 Å². The van der Waals surface area contributed by atoms with Crippen LogP contribution in [0.2, 0.25) is 0 Å². The second-order valence-corrected chi connectivity index (χ2v) is 6.73. The third-order valence-corrected chi connectivity index (χ3v) is 5.49. The van der Waals surface area contributed by atoms with Gasteiger partial charge in [0.1, 0.15) is 5.75 Å². The molecule has 3 atom stereocenters. The Labute approximate surface area is 146 Å². The summed E-state index contributed by atoms with van der Waals surface area (Å²) in [6.45, 7) is 13.6. The molecule has 0 saturated carbocycles. The van der Waals surface area contributed by atoms with Crippen LogP contribution in [0.1, 0.15) is 52.3 Å². The molecule has 3 rings (SSSR count). The van der Waals surface area contributed by atoms with Crippen molar-refractivity contribution < 1.29 is 9.47 Å². The summed E-state index contributed by atoms with van der Waals surface area (Å²) in [5, 5.41) is 1.10. The molecule has 1 aliphatic heterocycles. The zero-order valence-electron chi connectivity index (χ0n) is 16.1. The van der Waals surface area contributed by atoms with Crippen LogP contribution >= 0.6 is 0 Å². The van der Waals surface area contributed by atoms with E-state index in [0.29, 0.717) is 5.92 Å². The number of methoxy groups -OCH3 is 1. The summed E-state index contributed by atoms with van der Waals surface area (Å²) in [4.78, 5) is 4.62. The number of rotatable bonds is 2. The molecule has 3 heteroatoms. The van der Waals surface area contributed by atoms with Crippen molar-refractivity contribution in [3.8, 4) is 5.75 Å². The van der Waals surface area contributed by atoms with Crippen LogP contribution in [0.5, 0.6) is 5.75 Å². The molecule has 1 aromatic carbocycles. The van der Waals surface area contributed by atoms with Gasteiger partial charge in [-0.05, 0) is 49.3 Å². The predicted molar refractivity (Wildman–Crippen MR) is 101 cm³/mol. The minimum absolute atomic E-state index is 0.127. The zero-order valence-corrected chi connectivity index (χ0v) is 16.1. The summed E-state index contributed by atoms with van der Waals surface area (Å²) in [5.74, 6) is 1.38. The normalized spacial score (nSPS) is 26.6. The Morgan fingerprint density at radius 1 is 1.21 bits per heavy atom. The Morgan fingerprint density at radius 3 is 2.58 bits per heavy atom. The molecule has 1 aliphatic rings. The van der Waals surface area contributed by atoms with Gasteiger partial charge in [-0.15, -0.1) is 0 Å². The van der Waals surface area contributed by atoms with Gasteiger partial charge in [-0.25, -0.2) is 0 Å². The highest BCUT2D eigenvalue weighted by atomic mass is 16.5. The van der Waals surface area contributed by atoms with Crippen LogP contribution in [0.3, 0.4) is 0 Å². The van der Waals surface area contributed by atoms with Crippen LogP contribution in [0, 0.1) is 12.8 Å². The lowest BCUT2D eigenvalue weighted by Crippen LogP contribution is -2.43. The highest BCUT2D eigenvalue weighted by Gasteiger charge is 2.39. The number of fused-ring (bicyclic) bond motifs is 1. The second-order valence-electron chi connectivity index (χ2n) is 6.73. The lowest BCUT2D eigenvalue weighted by atomic mass is 9.67. The van der Waals surface area contributed by atoms with E-state index in [1.807, 2.05) is 26.8 Å². The predicted octanol–water partition coefficient (Wildman–Crippen LogP) is 5.28. The first-order valence-corrected chi connectivity index (χ1v) is 9.03. The van der Waals surface area contributed by atoms with Crippen molar-refractivity contribution in [2.45, 2.75) is 59.5 Å². The van der Waals surface area contributed by atoms with Gasteiger partial charge in [-0.3, -0.25) is 4.98 Å². The standard InChI is InChI=1S/C19H25NO2.C2H6/c1-12-10-18(21-5)16-11-15(6-7-17(16)20-12)19(4)8-9-22-14(3)13(19)2;1-2/h6-7,10-11,13-14H,8-9H2,1-5H3;1-2H3/t13?,14?,19-;/m1./s1. The largest absolute Gasteiger partial charge is 0.496 e. The minimum Gasteiger partial charge on any atom is -0.496 e. The smallest absolute Gasteiger partial charge is 0.130 e. The first kappa shape index (κ1) is 18.7. The molecule has 24 heavy (non-hydrogen) atoms. The van der Waals surface area contributed by atoms with Crippen LogP contribution in [-0.4, -0.2) is 24.8 Å². The minimum atomic E-state index is 0.127. The van der Waals surface area contributed by atoms with Gasteiger partial charge in [0.05, 0.1) is 18.7 Å². The highest BCUT2D eigenvalue weighted by Crippen LogP contribution is 2.42. The van der Waals surface area contributed by atoms with Crippen molar-refractivity contribution in [1.29, 1.82) is 0 Å². The molecule has 0 amide bonds. The van der Waals surface area contributed by atoms with E-state index in [1.54, 1.807) is 7.11 Å².